The van der Waals surface area contributed by atoms with Crippen LogP contribution >= 0.6 is 12.2 Å². The fourth-order valence-electron chi connectivity index (χ4n) is 2.70. The van der Waals surface area contributed by atoms with Crippen LogP contribution in [-0.2, 0) is 14.8 Å². The number of amides is 1. The Labute approximate surface area is 167 Å². The zero-order valence-electron chi connectivity index (χ0n) is 15.0. The second-order valence-corrected chi connectivity index (χ2v) is 7.79. The lowest BCUT2D eigenvalue weighted by Gasteiger charge is -2.12. The molecule has 0 atom stereocenters. The number of nitrogens with one attached hydrogen (secondary N) is 2. The maximum Gasteiger partial charge on any atom is 0.279 e. The van der Waals surface area contributed by atoms with Crippen LogP contribution in [0.5, 0.6) is 5.75 Å². The molecule has 0 fully saturated rings. The number of nitrogens with two attached hydrogens (primary N) is 1. The van der Waals surface area contributed by atoms with E-state index in [0.717, 1.165) is 0 Å². The van der Waals surface area contributed by atoms with E-state index in [2.05, 4.69) is 15.8 Å². The van der Waals surface area contributed by atoms with E-state index in [1.54, 1.807) is 25.2 Å². The van der Waals surface area contributed by atoms with Crippen molar-refractivity contribution >= 4 is 50.3 Å². The number of likely N-dealkylation sites (N-methyl/N-ethyl adjacent to an activating group) is 1. The number of carbonyl (C=O) groups excluding carboxylic acids is 1. The summed E-state index contributed by atoms with van der Waals surface area (Å²) in [7, 11) is -0.601. The topological polar surface area (TPSA) is 126 Å². The van der Waals surface area contributed by atoms with Crippen molar-refractivity contribution in [2.75, 3.05) is 24.4 Å². The van der Waals surface area contributed by atoms with Gasteiger partial charge in [0.25, 0.3) is 5.91 Å². The number of methoxy groups -OCH3 is 1. The summed E-state index contributed by atoms with van der Waals surface area (Å²) >= 11 is 5.17. The molecule has 1 aliphatic rings. The summed E-state index contributed by atoms with van der Waals surface area (Å²) in [5.41, 5.74) is 4.61. The molecule has 0 saturated carbocycles. The minimum absolute atomic E-state index is 0.0117. The Kier molecular flexibility index (Phi) is 5.31. The van der Waals surface area contributed by atoms with Crippen molar-refractivity contribution in [1.82, 2.24) is 5.43 Å². The Morgan fingerprint density at radius 3 is 2.50 bits per heavy atom. The molecule has 1 heterocycles. The molecule has 1 aliphatic heterocycles. The van der Waals surface area contributed by atoms with E-state index in [-0.39, 0.29) is 21.6 Å². The molecule has 0 aliphatic carbocycles. The van der Waals surface area contributed by atoms with Crippen LogP contribution in [0.3, 0.4) is 0 Å². The van der Waals surface area contributed by atoms with Crippen molar-refractivity contribution in [3.05, 3.63) is 48.0 Å². The third-order valence-electron chi connectivity index (χ3n) is 4.03. The van der Waals surface area contributed by atoms with E-state index in [4.69, 9.17) is 22.1 Å². The number of nitrogens with zero attached hydrogens (tertiary/aromatic N) is 2. The van der Waals surface area contributed by atoms with Gasteiger partial charge in [0.1, 0.15) is 5.75 Å². The molecule has 1 amide bonds. The number of carbonyl (C=O) groups is 1. The maximum absolute atomic E-state index is 12.5. The highest BCUT2D eigenvalue weighted by Gasteiger charge is 2.34. The van der Waals surface area contributed by atoms with Crippen LogP contribution in [0, 0.1) is 0 Å². The van der Waals surface area contributed by atoms with Crippen LogP contribution in [0.1, 0.15) is 5.56 Å². The van der Waals surface area contributed by atoms with E-state index < -0.39 is 10.0 Å². The summed E-state index contributed by atoms with van der Waals surface area (Å²) in [4.78, 5) is 13.9. The van der Waals surface area contributed by atoms with Gasteiger partial charge >= 0.3 is 0 Å². The summed E-state index contributed by atoms with van der Waals surface area (Å²) in [6.07, 6.45) is 0. The van der Waals surface area contributed by atoms with Crippen LogP contribution in [-0.4, -0.2) is 39.3 Å². The minimum atomic E-state index is -3.77. The van der Waals surface area contributed by atoms with Gasteiger partial charge in [-0.05, 0) is 42.5 Å². The normalized spacial score (nSPS) is 14.8. The van der Waals surface area contributed by atoms with E-state index >= 15 is 0 Å². The number of thiocarbonyl (C=S) groups is 1. The molecule has 3 rings (SSSR count). The van der Waals surface area contributed by atoms with Crippen molar-refractivity contribution in [3.63, 3.8) is 0 Å². The van der Waals surface area contributed by atoms with Crippen molar-refractivity contribution in [2.45, 2.75) is 4.90 Å². The van der Waals surface area contributed by atoms with Crippen LogP contribution in [0.2, 0.25) is 0 Å². The van der Waals surface area contributed by atoms with Gasteiger partial charge in [0.2, 0.25) is 10.0 Å². The summed E-state index contributed by atoms with van der Waals surface area (Å²) in [5.74, 6) is 0.265. The smallest absolute Gasteiger partial charge is 0.279 e. The largest absolute Gasteiger partial charge is 0.495 e. The monoisotopic (exact) mass is 419 g/mol. The first kappa shape index (κ1) is 19.7. The predicted molar refractivity (Wildman–Crippen MR) is 110 cm³/mol. The zero-order valence-corrected chi connectivity index (χ0v) is 16.6. The van der Waals surface area contributed by atoms with Crippen molar-refractivity contribution < 1.29 is 17.9 Å². The molecule has 0 saturated heterocycles. The lowest BCUT2D eigenvalue weighted by atomic mass is 10.1. The minimum Gasteiger partial charge on any atom is -0.495 e. The fraction of sp³-hybridized carbons (Fsp3) is 0.118. The van der Waals surface area contributed by atoms with Gasteiger partial charge in [0.05, 0.1) is 17.7 Å². The number of hydrazone groups is 1. The SMILES string of the molecule is COc1cccc2c1N(C)C(=O)C2=NNC(=S)Nc1ccc(S(N)(=O)=O)cc1. The highest BCUT2D eigenvalue weighted by Crippen LogP contribution is 2.36. The number of hydrogen-bond donors (Lipinski definition) is 3. The summed E-state index contributed by atoms with van der Waals surface area (Å²) in [6, 6.07) is 11.0. The third-order valence-corrected chi connectivity index (χ3v) is 5.15. The first-order valence-electron chi connectivity index (χ1n) is 7.95. The molecule has 2 aromatic carbocycles. The van der Waals surface area contributed by atoms with Gasteiger partial charge in [0, 0.05) is 18.3 Å². The van der Waals surface area contributed by atoms with E-state index in [0.29, 0.717) is 22.7 Å². The summed E-state index contributed by atoms with van der Waals surface area (Å²) in [6.45, 7) is 0. The molecule has 28 heavy (non-hydrogen) atoms. The van der Waals surface area contributed by atoms with Gasteiger partial charge in [-0.1, -0.05) is 12.1 Å². The quantitative estimate of drug-likeness (QED) is 0.499. The first-order valence-corrected chi connectivity index (χ1v) is 9.91. The van der Waals surface area contributed by atoms with Crippen LogP contribution in [0.25, 0.3) is 0 Å². The lowest BCUT2D eigenvalue weighted by Crippen LogP contribution is -2.30. The number of fused-ring (bicyclic) bond motifs is 1. The van der Waals surface area contributed by atoms with Crippen LogP contribution < -0.4 is 25.5 Å². The molecule has 9 nitrogen and oxygen atoms in total. The van der Waals surface area contributed by atoms with Crippen LogP contribution in [0.4, 0.5) is 11.4 Å². The van der Waals surface area contributed by atoms with Gasteiger partial charge in [-0.3, -0.25) is 10.2 Å². The molecule has 11 heteroatoms. The van der Waals surface area contributed by atoms with Crippen molar-refractivity contribution in [1.29, 1.82) is 0 Å². The molecular weight excluding hydrogens is 402 g/mol. The standard InChI is InChI=1S/C17H17N5O4S2/c1-22-15-12(4-3-5-13(15)26-2)14(16(22)23)20-21-17(27)19-10-6-8-11(9-7-10)28(18,24)25/h3-9H,1-2H3,(H2,18,24,25)(H2,19,21,27). The highest BCUT2D eigenvalue weighted by molar-refractivity contribution is 7.89. The number of benzene rings is 2. The fourth-order valence-corrected chi connectivity index (χ4v) is 3.38. The van der Waals surface area contributed by atoms with Gasteiger partial charge in [0.15, 0.2) is 10.8 Å². The Hall–Kier alpha value is -3.02. The summed E-state index contributed by atoms with van der Waals surface area (Å²) in [5, 5.41) is 12.2. The number of anilines is 2. The van der Waals surface area contributed by atoms with Crippen molar-refractivity contribution in [2.24, 2.45) is 10.2 Å². The Balaban J connectivity index is 1.76. The predicted octanol–water partition coefficient (Wildman–Crippen LogP) is 1.01. The first-order chi connectivity index (χ1) is 13.2. The van der Waals surface area contributed by atoms with E-state index in [1.165, 1.54) is 36.3 Å². The average Bonchev–Trinajstić information content (AvgIpc) is 2.90. The van der Waals surface area contributed by atoms with E-state index in [9.17, 15) is 13.2 Å². The highest BCUT2D eigenvalue weighted by atomic mass is 32.2. The molecule has 4 N–H and O–H groups in total. The maximum atomic E-state index is 12.5. The molecule has 0 spiro atoms. The molecule has 146 valence electrons. The number of hydrogen-bond acceptors (Lipinski definition) is 6. The molecular formula is C17H17N5O4S2. The number of rotatable bonds is 4. The van der Waals surface area contributed by atoms with Crippen LogP contribution in [0.15, 0.2) is 52.5 Å². The Bertz CT molecular complexity index is 1080. The van der Waals surface area contributed by atoms with Gasteiger partial charge < -0.3 is 15.0 Å². The third kappa shape index (κ3) is 3.81. The van der Waals surface area contributed by atoms with E-state index in [1.807, 2.05) is 0 Å². The second-order valence-electron chi connectivity index (χ2n) is 5.82. The number of primary sulfonamides is 1. The van der Waals surface area contributed by atoms with Gasteiger partial charge in [-0.25, -0.2) is 13.6 Å². The molecule has 0 unspecified atom stereocenters. The molecule has 0 radical (unpaired) electrons. The van der Waals surface area contributed by atoms with Gasteiger partial charge in [-0.15, -0.1) is 0 Å². The lowest BCUT2D eigenvalue weighted by molar-refractivity contribution is -0.112. The number of ether oxygens (including phenoxy) is 1. The summed E-state index contributed by atoms with van der Waals surface area (Å²) < 4.78 is 27.9. The molecule has 0 bridgehead atoms. The molecule has 0 aromatic heterocycles. The number of sulfonamides is 1. The Morgan fingerprint density at radius 1 is 1.21 bits per heavy atom. The average molecular weight is 419 g/mol. The van der Waals surface area contributed by atoms with Gasteiger partial charge in [-0.2, -0.15) is 5.10 Å². The Morgan fingerprint density at radius 2 is 1.89 bits per heavy atom. The number of para-hydroxylation sites is 1. The van der Waals surface area contributed by atoms with Crippen molar-refractivity contribution in [3.8, 4) is 5.75 Å². The molecule has 2 aromatic rings. The second kappa shape index (κ2) is 7.54. The zero-order chi connectivity index (χ0) is 20.5.